The molecule has 0 fully saturated rings. The molecule has 0 saturated heterocycles. The van der Waals surface area contributed by atoms with Crippen LogP contribution < -0.4 is 4.74 Å². The van der Waals surface area contributed by atoms with Crippen LogP contribution in [-0.2, 0) is 4.74 Å². The minimum atomic E-state index is -0.0889. The van der Waals surface area contributed by atoms with Gasteiger partial charge in [0.15, 0.2) is 0 Å². The Labute approximate surface area is 108 Å². The zero-order chi connectivity index (χ0) is 12.8. The zero-order valence-electron chi connectivity index (χ0n) is 10.8. The van der Waals surface area contributed by atoms with E-state index in [0.29, 0.717) is 6.61 Å². The van der Waals surface area contributed by atoms with Gasteiger partial charge in [-0.2, -0.15) is 0 Å². The molecule has 1 unspecified atom stereocenters. The highest BCUT2D eigenvalue weighted by Gasteiger charge is 2.16. The molecule has 0 aliphatic carbocycles. The van der Waals surface area contributed by atoms with Gasteiger partial charge in [0.05, 0.1) is 6.61 Å². The van der Waals surface area contributed by atoms with Crippen molar-refractivity contribution in [3.8, 4) is 5.75 Å². The Morgan fingerprint density at radius 3 is 2.28 bits per heavy atom. The zero-order valence-corrected chi connectivity index (χ0v) is 10.8. The second-order valence-electron chi connectivity index (χ2n) is 4.00. The molecule has 0 aromatic heterocycles. The first kappa shape index (κ1) is 12.7. The van der Waals surface area contributed by atoms with E-state index in [4.69, 9.17) is 9.47 Å². The Hall–Kier alpha value is -1.80. The standard InChI is InChI=1S/C16H18O2/c1-3-18-15-12-8-7-11-14(15)16(17-2)13-9-5-4-6-10-13/h4-12,16H,3H2,1-2H3. The maximum atomic E-state index is 5.66. The van der Waals surface area contributed by atoms with Crippen molar-refractivity contribution < 1.29 is 9.47 Å². The lowest BCUT2D eigenvalue weighted by Crippen LogP contribution is -2.06. The Bertz CT molecular complexity index is 479. The predicted octanol–water partition coefficient (Wildman–Crippen LogP) is 3.82. The summed E-state index contributed by atoms with van der Waals surface area (Å²) < 4.78 is 11.3. The van der Waals surface area contributed by atoms with Gasteiger partial charge in [-0.25, -0.2) is 0 Å². The van der Waals surface area contributed by atoms with Gasteiger partial charge < -0.3 is 9.47 Å². The molecule has 94 valence electrons. The van der Waals surface area contributed by atoms with Gasteiger partial charge in [-0.15, -0.1) is 0 Å². The van der Waals surface area contributed by atoms with Crippen molar-refractivity contribution in [2.45, 2.75) is 13.0 Å². The molecular formula is C16H18O2. The number of rotatable bonds is 5. The summed E-state index contributed by atoms with van der Waals surface area (Å²) in [4.78, 5) is 0. The van der Waals surface area contributed by atoms with Crippen LogP contribution in [0.3, 0.4) is 0 Å². The molecule has 2 heteroatoms. The van der Waals surface area contributed by atoms with Crippen LogP contribution in [0.2, 0.25) is 0 Å². The molecule has 0 N–H and O–H groups in total. The number of hydrogen-bond donors (Lipinski definition) is 0. The molecule has 0 aliphatic rings. The Kier molecular flexibility index (Phi) is 4.37. The fourth-order valence-electron chi connectivity index (χ4n) is 2.05. The van der Waals surface area contributed by atoms with Crippen LogP contribution in [0.4, 0.5) is 0 Å². The minimum Gasteiger partial charge on any atom is -0.493 e. The fourth-order valence-corrected chi connectivity index (χ4v) is 2.05. The molecule has 0 saturated carbocycles. The third kappa shape index (κ3) is 2.71. The average Bonchev–Trinajstić information content (AvgIpc) is 2.43. The number of methoxy groups -OCH3 is 1. The van der Waals surface area contributed by atoms with E-state index >= 15 is 0 Å². The summed E-state index contributed by atoms with van der Waals surface area (Å²) >= 11 is 0. The fraction of sp³-hybridized carbons (Fsp3) is 0.250. The summed E-state index contributed by atoms with van der Waals surface area (Å²) in [5, 5.41) is 0. The summed E-state index contributed by atoms with van der Waals surface area (Å²) in [5.74, 6) is 0.885. The maximum Gasteiger partial charge on any atom is 0.125 e. The summed E-state index contributed by atoms with van der Waals surface area (Å²) in [6, 6.07) is 18.2. The van der Waals surface area contributed by atoms with Crippen LogP contribution in [0.5, 0.6) is 5.75 Å². The SMILES string of the molecule is CCOc1ccccc1C(OC)c1ccccc1. The molecule has 0 bridgehead atoms. The van der Waals surface area contributed by atoms with Crippen molar-refractivity contribution in [2.75, 3.05) is 13.7 Å². The summed E-state index contributed by atoms with van der Waals surface area (Å²) in [5.41, 5.74) is 2.19. The van der Waals surface area contributed by atoms with Crippen LogP contribution in [0.25, 0.3) is 0 Å². The van der Waals surface area contributed by atoms with Gasteiger partial charge in [0.2, 0.25) is 0 Å². The number of ether oxygens (including phenoxy) is 2. The highest BCUT2D eigenvalue weighted by Crippen LogP contribution is 2.32. The lowest BCUT2D eigenvalue weighted by atomic mass is 10.0. The Balaban J connectivity index is 2.39. The molecule has 2 rings (SSSR count). The van der Waals surface area contributed by atoms with E-state index in [9.17, 15) is 0 Å². The van der Waals surface area contributed by atoms with Crippen molar-refractivity contribution in [3.05, 3.63) is 65.7 Å². The monoisotopic (exact) mass is 242 g/mol. The van der Waals surface area contributed by atoms with Gasteiger partial charge in [0.1, 0.15) is 11.9 Å². The summed E-state index contributed by atoms with van der Waals surface area (Å²) in [6.07, 6.45) is -0.0889. The predicted molar refractivity (Wildman–Crippen MR) is 72.9 cm³/mol. The normalized spacial score (nSPS) is 12.1. The average molecular weight is 242 g/mol. The highest BCUT2D eigenvalue weighted by atomic mass is 16.5. The lowest BCUT2D eigenvalue weighted by molar-refractivity contribution is 0.133. The van der Waals surface area contributed by atoms with E-state index in [2.05, 4.69) is 12.1 Å². The Morgan fingerprint density at radius 1 is 0.944 bits per heavy atom. The Morgan fingerprint density at radius 2 is 1.61 bits per heavy atom. The van der Waals surface area contributed by atoms with E-state index in [-0.39, 0.29) is 6.10 Å². The summed E-state index contributed by atoms with van der Waals surface area (Å²) in [7, 11) is 1.72. The van der Waals surface area contributed by atoms with Crippen molar-refractivity contribution in [2.24, 2.45) is 0 Å². The van der Waals surface area contributed by atoms with Crippen LogP contribution in [0.15, 0.2) is 54.6 Å². The van der Waals surface area contributed by atoms with Crippen molar-refractivity contribution >= 4 is 0 Å². The molecule has 2 aromatic carbocycles. The van der Waals surface area contributed by atoms with Crippen LogP contribution in [0.1, 0.15) is 24.2 Å². The first-order chi connectivity index (χ1) is 8.86. The van der Waals surface area contributed by atoms with Crippen LogP contribution in [0, 0.1) is 0 Å². The third-order valence-corrected chi connectivity index (χ3v) is 2.84. The van der Waals surface area contributed by atoms with Gasteiger partial charge in [-0.3, -0.25) is 0 Å². The van der Waals surface area contributed by atoms with Gasteiger partial charge in [-0.1, -0.05) is 48.5 Å². The number of benzene rings is 2. The van der Waals surface area contributed by atoms with Gasteiger partial charge in [0, 0.05) is 12.7 Å². The topological polar surface area (TPSA) is 18.5 Å². The quantitative estimate of drug-likeness (QED) is 0.793. The minimum absolute atomic E-state index is 0.0889. The third-order valence-electron chi connectivity index (χ3n) is 2.84. The first-order valence-electron chi connectivity index (χ1n) is 6.16. The smallest absolute Gasteiger partial charge is 0.125 e. The second kappa shape index (κ2) is 6.22. The molecule has 2 nitrogen and oxygen atoms in total. The van der Waals surface area contributed by atoms with Gasteiger partial charge in [0.25, 0.3) is 0 Å². The van der Waals surface area contributed by atoms with Crippen LogP contribution in [-0.4, -0.2) is 13.7 Å². The molecule has 2 aromatic rings. The van der Waals surface area contributed by atoms with E-state index < -0.39 is 0 Å². The van der Waals surface area contributed by atoms with E-state index in [1.807, 2.05) is 49.4 Å². The van der Waals surface area contributed by atoms with Crippen LogP contribution >= 0.6 is 0 Å². The lowest BCUT2D eigenvalue weighted by Gasteiger charge is -2.19. The first-order valence-corrected chi connectivity index (χ1v) is 6.16. The van der Waals surface area contributed by atoms with Crippen molar-refractivity contribution in [3.63, 3.8) is 0 Å². The molecule has 18 heavy (non-hydrogen) atoms. The summed E-state index contributed by atoms with van der Waals surface area (Å²) in [6.45, 7) is 2.64. The molecule has 0 spiro atoms. The number of hydrogen-bond acceptors (Lipinski definition) is 2. The molecule has 1 atom stereocenters. The number of para-hydroxylation sites is 1. The van der Waals surface area contributed by atoms with Gasteiger partial charge in [-0.05, 0) is 18.6 Å². The molecule has 0 heterocycles. The van der Waals surface area contributed by atoms with E-state index in [1.165, 1.54) is 0 Å². The largest absolute Gasteiger partial charge is 0.493 e. The van der Waals surface area contributed by atoms with Crippen molar-refractivity contribution in [1.29, 1.82) is 0 Å². The highest BCUT2D eigenvalue weighted by molar-refractivity contribution is 5.40. The molecule has 0 amide bonds. The molecule has 0 aliphatic heterocycles. The molecule has 0 radical (unpaired) electrons. The maximum absolute atomic E-state index is 5.66. The van der Waals surface area contributed by atoms with Gasteiger partial charge >= 0.3 is 0 Å². The van der Waals surface area contributed by atoms with E-state index in [1.54, 1.807) is 7.11 Å². The van der Waals surface area contributed by atoms with E-state index in [0.717, 1.165) is 16.9 Å². The molecular weight excluding hydrogens is 224 g/mol. The second-order valence-corrected chi connectivity index (χ2v) is 4.00. The van der Waals surface area contributed by atoms with Crippen molar-refractivity contribution in [1.82, 2.24) is 0 Å².